The molecule has 1 aromatic carbocycles. The van der Waals surface area contributed by atoms with E-state index in [4.69, 9.17) is 4.74 Å². The maximum atomic E-state index is 12.8. The fourth-order valence-electron chi connectivity index (χ4n) is 3.25. The van der Waals surface area contributed by atoms with Crippen molar-refractivity contribution in [2.75, 3.05) is 33.4 Å². The van der Waals surface area contributed by atoms with E-state index in [-0.39, 0.29) is 17.6 Å². The molecule has 2 N–H and O–H groups in total. The highest BCUT2D eigenvalue weighted by Crippen LogP contribution is 2.30. The van der Waals surface area contributed by atoms with Gasteiger partial charge in [0, 0.05) is 46.3 Å². The zero-order valence-electron chi connectivity index (χ0n) is 15.1. The van der Waals surface area contributed by atoms with E-state index in [0.29, 0.717) is 39.0 Å². The van der Waals surface area contributed by atoms with E-state index >= 15 is 0 Å². The van der Waals surface area contributed by atoms with Crippen LogP contribution in [0.5, 0.6) is 0 Å². The maximum Gasteiger partial charge on any atom is 0.221 e. The van der Waals surface area contributed by atoms with Crippen LogP contribution in [0, 0.1) is 11.7 Å². The SMILES string of the molecule is COCC[C@]1(O)CCN(CCC(=O)NCc2ccc(F)cc2)C[C@H]1C. The van der Waals surface area contributed by atoms with Crippen molar-refractivity contribution in [2.45, 2.75) is 38.3 Å². The van der Waals surface area contributed by atoms with Gasteiger partial charge in [0.25, 0.3) is 0 Å². The molecule has 0 bridgehead atoms. The van der Waals surface area contributed by atoms with Crippen molar-refractivity contribution in [3.8, 4) is 0 Å². The number of piperidine rings is 1. The molecule has 25 heavy (non-hydrogen) atoms. The fourth-order valence-corrected chi connectivity index (χ4v) is 3.25. The van der Waals surface area contributed by atoms with Gasteiger partial charge >= 0.3 is 0 Å². The third-order valence-corrected chi connectivity index (χ3v) is 5.11. The topological polar surface area (TPSA) is 61.8 Å². The molecular formula is C19H29FN2O3. The Morgan fingerprint density at radius 3 is 2.80 bits per heavy atom. The van der Waals surface area contributed by atoms with E-state index in [1.54, 1.807) is 19.2 Å². The molecule has 1 aliphatic rings. The van der Waals surface area contributed by atoms with E-state index in [1.165, 1.54) is 12.1 Å². The first-order chi connectivity index (χ1) is 11.9. The van der Waals surface area contributed by atoms with Crippen LogP contribution in [0.1, 0.15) is 31.7 Å². The molecular weight excluding hydrogens is 323 g/mol. The molecule has 2 rings (SSSR count). The summed E-state index contributed by atoms with van der Waals surface area (Å²) in [5.41, 5.74) is 0.210. The number of ether oxygens (including phenoxy) is 1. The number of nitrogens with one attached hydrogen (secondary N) is 1. The van der Waals surface area contributed by atoms with Crippen LogP contribution in [0.2, 0.25) is 0 Å². The molecule has 0 saturated carbocycles. The van der Waals surface area contributed by atoms with Crippen LogP contribution in [0.25, 0.3) is 0 Å². The Kier molecular flexibility index (Phi) is 7.35. The molecule has 1 saturated heterocycles. The van der Waals surface area contributed by atoms with Crippen molar-refractivity contribution < 1.29 is 19.0 Å². The highest BCUT2D eigenvalue weighted by Gasteiger charge is 2.38. The number of benzene rings is 1. The minimum atomic E-state index is -0.669. The van der Waals surface area contributed by atoms with Crippen LogP contribution in [-0.2, 0) is 16.1 Å². The third-order valence-electron chi connectivity index (χ3n) is 5.11. The van der Waals surface area contributed by atoms with Gasteiger partial charge in [-0.15, -0.1) is 0 Å². The number of amides is 1. The van der Waals surface area contributed by atoms with Crippen molar-refractivity contribution in [3.63, 3.8) is 0 Å². The summed E-state index contributed by atoms with van der Waals surface area (Å²) in [7, 11) is 1.65. The Morgan fingerprint density at radius 2 is 2.16 bits per heavy atom. The molecule has 2 atom stereocenters. The highest BCUT2D eigenvalue weighted by atomic mass is 19.1. The summed E-state index contributed by atoms with van der Waals surface area (Å²) in [6, 6.07) is 6.12. The number of nitrogens with zero attached hydrogens (tertiary/aromatic N) is 1. The van der Waals surface area contributed by atoms with Crippen molar-refractivity contribution in [2.24, 2.45) is 5.92 Å². The minimum Gasteiger partial charge on any atom is -0.389 e. The first kappa shape index (κ1) is 19.8. The highest BCUT2D eigenvalue weighted by molar-refractivity contribution is 5.76. The Bertz CT molecular complexity index is 552. The van der Waals surface area contributed by atoms with Gasteiger partial charge in [0.15, 0.2) is 0 Å². The second kappa shape index (κ2) is 9.27. The van der Waals surface area contributed by atoms with Crippen LogP contribution in [0.3, 0.4) is 0 Å². The normalized spacial score (nSPS) is 24.2. The number of carbonyl (C=O) groups excluding carboxylic acids is 1. The molecule has 5 nitrogen and oxygen atoms in total. The average molecular weight is 352 g/mol. The number of methoxy groups -OCH3 is 1. The summed E-state index contributed by atoms with van der Waals surface area (Å²) in [5, 5.41) is 13.5. The lowest BCUT2D eigenvalue weighted by atomic mass is 9.80. The number of likely N-dealkylation sites (tertiary alicyclic amines) is 1. The van der Waals surface area contributed by atoms with Gasteiger partial charge < -0.3 is 20.1 Å². The first-order valence-electron chi connectivity index (χ1n) is 8.88. The monoisotopic (exact) mass is 352 g/mol. The smallest absolute Gasteiger partial charge is 0.221 e. The standard InChI is InChI=1S/C19H29FN2O3/c1-15-14-22(11-8-19(15,24)9-12-25-2)10-7-18(23)21-13-16-3-5-17(20)6-4-16/h3-6,15,24H,7-14H2,1-2H3,(H,21,23)/t15-,19-/m1/s1. The average Bonchev–Trinajstić information content (AvgIpc) is 2.61. The molecule has 0 spiro atoms. The number of hydrogen-bond acceptors (Lipinski definition) is 4. The zero-order chi connectivity index (χ0) is 18.3. The summed E-state index contributed by atoms with van der Waals surface area (Å²) in [4.78, 5) is 14.2. The van der Waals surface area contributed by atoms with Crippen molar-refractivity contribution in [3.05, 3.63) is 35.6 Å². The number of carbonyl (C=O) groups is 1. The predicted molar refractivity (Wildman–Crippen MR) is 94.5 cm³/mol. The molecule has 0 aromatic heterocycles. The lowest BCUT2D eigenvalue weighted by Gasteiger charge is -2.43. The summed E-state index contributed by atoms with van der Waals surface area (Å²) in [6.07, 6.45) is 1.77. The first-order valence-corrected chi connectivity index (χ1v) is 8.88. The molecule has 0 radical (unpaired) electrons. The van der Waals surface area contributed by atoms with Gasteiger partial charge in [-0.3, -0.25) is 4.79 Å². The van der Waals surface area contributed by atoms with Crippen LogP contribution in [0.15, 0.2) is 24.3 Å². The van der Waals surface area contributed by atoms with E-state index in [2.05, 4.69) is 17.1 Å². The van der Waals surface area contributed by atoms with Gasteiger partial charge in [0.2, 0.25) is 5.91 Å². The maximum absolute atomic E-state index is 12.8. The largest absolute Gasteiger partial charge is 0.389 e. The Hall–Kier alpha value is -1.50. The van der Waals surface area contributed by atoms with E-state index < -0.39 is 5.60 Å². The Morgan fingerprint density at radius 1 is 1.44 bits per heavy atom. The zero-order valence-corrected chi connectivity index (χ0v) is 15.1. The number of rotatable bonds is 8. The molecule has 1 aliphatic heterocycles. The van der Waals surface area contributed by atoms with Crippen LogP contribution >= 0.6 is 0 Å². The molecule has 140 valence electrons. The molecule has 0 aliphatic carbocycles. The number of aliphatic hydroxyl groups is 1. The summed E-state index contributed by atoms with van der Waals surface area (Å²) in [5.74, 6) is -0.143. The molecule has 1 heterocycles. The van der Waals surface area contributed by atoms with Gasteiger partial charge in [-0.1, -0.05) is 19.1 Å². The van der Waals surface area contributed by atoms with Crippen LogP contribution in [-0.4, -0.2) is 54.9 Å². The van der Waals surface area contributed by atoms with Crippen LogP contribution in [0.4, 0.5) is 4.39 Å². The van der Waals surface area contributed by atoms with E-state index in [0.717, 1.165) is 18.7 Å². The van der Waals surface area contributed by atoms with Gasteiger partial charge in [-0.25, -0.2) is 4.39 Å². The van der Waals surface area contributed by atoms with E-state index in [1.807, 2.05) is 0 Å². The minimum absolute atomic E-state index is 0.0165. The number of halogens is 1. The summed E-state index contributed by atoms with van der Waals surface area (Å²) in [6.45, 7) is 5.27. The quantitative estimate of drug-likeness (QED) is 0.751. The van der Waals surface area contributed by atoms with Gasteiger partial charge in [-0.2, -0.15) is 0 Å². The van der Waals surface area contributed by atoms with Crippen molar-refractivity contribution in [1.29, 1.82) is 0 Å². The van der Waals surface area contributed by atoms with Crippen molar-refractivity contribution >= 4 is 5.91 Å². The predicted octanol–water partition coefficient (Wildman–Crippen LogP) is 1.94. The Labute approximate surface area is 149 Å². The molecule has 1 aromatic rings. The third kappa shape index (κ3) is 6.06. The van der Waals surface area contributed by atoms with Crippen LogP contribution < -0.4 is 5.32 Å². The van der Waals surface area contributed by atoms with Gasteiger partial charge in [-0.05, 0) is 36.5 Å². The molecule has 1 amide bonds. The van der Waals surface area contributed by atoms with Gasteiger partial charge in [0.1, 0.15) is 5.82 Å². The molecule has 1 fully saturated rings. The van der Waals surface area contributed by atoms with Gasteiger partial charge in [0.05, 0.1) is 5.60 Å². The summed E-state index contributed by atoms with van der Waals surface area (Å²) < 4.78 is 17.9. The van der Waals surface area contributed by atoms with Crippen molar-refractivity contribution in [1.82, 2.24) is 10.2 Å². The fraction of sp³-hybridized carbons (Fsp3) is 0.632. The number of hydrogen-bond donors (Lipinski definition) is 2. The lowest BCUT2D eigenvalue weighted by molar-refractivity contribution is -0.122. The van der Waals surface area contributed by atoms with E-state index in [9.17, 15) is 14.3 Å². The second-order valence-electron chi connectivity index (χ2n) is 6.95. The Balaban J connectivity index is 1.69. The summed E-state index contributed by atoms with van der Waals surface area (Å²) >= 11 is 0. The lowest BCUT2D eigenvalue weighted by Crippen LogP contribution is -2.51. The molecule has 0 unspecified atom stereocenters. The molecule has 6 heteroatoms. The second-order valence-corrected chi connectivity index (χ2v) is 6.95.